The number of amides is 2. The summed E-state index contributed by atoms with van der Waals surface area (Å²) in [7, 11) is 1.84. The monoisotopic (exact) mass is 485 g/mol. The Morgan fingerprint density at radius 3 is 2.59 bits per heavy atom. The number of thiophene rings is 1. The first-order chi connectivity index (χ1) is 16.4. The minimum atomic E-state index is 0.101. The van der Waals surface area contributed by atoms with Crippen LogP contribution >= 0.6 is 11.3 Å². The molecule has 0 fully saturated rings. The van der Waals surface area contributed by atoms with E-state index in [1.54, 1.807) is 22.3 Å². The normalized spacial score (nSPS) is 12.5. The fraction of sp³-hybridized carbons (Fsp3) is 0.519. The standard InChI is InChI=1S/C14H13NOS.C10H22O.C3H4N2O/c1-9-3-6-13(17-9)11-5-4-10-8-14(16)15(2)12(10)7-11;1-4-8-11-9-6-7-10(3)5-2;4-1-2-5-3-6/h3-7H,8H2,1-2H3;10H,4-9H2,1-3H3;3H,2H2,(H,5,6). The van der Waals surface area contributed by atoms with E-state index in [0.29, 0.717) is 12.8 Å². The van der Waals surface area contributed by atoms with E-state index in [-0.39, 0.29) is 12.5 Å². The van der Waals surface area contributed by atoms with E-state index >= 15 is 0 Å². The van der Waals surface area contributed by atoms with Crippen molar-refractivity contribution in [3.63, 3.8) is 0 Å². The number of rotatable bonds is 10. The second-order valence-corrected chi connectivity index (χ2v) is 9.60. The van der Waals surface area contributed by atoms with Crippen LogP contribution in [0.4, 0.5) is 5.69 Å². The number of aryl methyl sites for hydroxylation is 1. The number of hydrogen-bond acceptors (Lipinski definition) is 5. The van der Waals surface area contributed by atoms with Gasteiger partial charge in [0, 0.05) is 35.7 Å². The van der Waals surface area contributed by atoms with Gasteiger partial charge in [-0.1, -0.05) is 39.3 Å². The highest BCUT2D eigenvalue weighted by Crippen LogP contribution is 2.35. The van der Waals surface area contributed by atoms with E-state index < -0.39 is 0 Å². The van der Waals surface area contributed by atoms with E-state index in [0.717, 1.165) is 36.8 Å². The average Bonchev–Trinajstić information content (AvgIpc) is 3.40. The van der Waals surface area contributed by atoms with Crippen molar-refractivity contribution in [3.8, 4) is 16.5 Å². The third kappa shape index (κ3) is 10.5. The molecule has 6 nitrogen and oxygen atoms in total. The molecule has 34 heavy (non-hydrogen) atoms. The number of nitrogens with one attached hydrogen (secondary N) is 1. The molecule has 2 amide bonds. The summed E-state index contributed by atoms with van der Waals surface area (Å²) in [6.45, 7) is 10.8. The predicted octanol–water partition coefficient (Wildman–Crippen LogP) is 5.74. The molecule has 0 aliphatic carbocycles. The van der Waals surface area contributed by atoms with E-state index in [9.17, 15) is 9.59 Å². The molecule has 0 saturated carbocycles. The summed E-state index contributed by atoms with van der Waals surface area (Å²) in [6, 6.07) is 12.3. The van der Waals surface area contributed by atoms with Gasteiger partial charge >= 0.3 is 0 Å². The van der Waals surface area contributed by atoms with Crippen LogP contribution in [0, 0.1) is 24.2 Å². The Morgan fingerprint density at radius 1 is 1.26 bits per heavy atom. The number of nitriles is 1. The summed E-state index contributed by atoms with van der Waals surface area (Å²) in [6.07, 6.45) is 6.02. The molecule has 0 saturated heterocycles. The van der Waals surface area contributed by atoms with E-state index in [4.69, 9.17) is 10.00 Å². The number of carbonyl (C=O) groups is 2. The number of carbonyl (C=O) groups excluding carboxylic acids is 2. The van der Waals surface area contributed by atoms with Crippen molar-refractivity contribution in [3.05, 3.63) is 40.8 Å². The number of hydrogen-bond donors (Lipinski definition) is 1. The van der Waals surface area contributed by atoms with Gasteiger partial charge < -0.3 is 15.0 Å². The molecule has 1 aliphatic heterocycles. The van der Waals surface area contributed by atoms with Gasteiger partial charge in [0.15, 0.2) is 0 Å². The lowest BCUT2D eigenvalue weighted by atomic mass is 10.0. The summed E-state index contributed by atoms with van der Waals surface area (Å²) in [5, 5.41) is 9.88. The van der Waals surface area contributed by atoms with Crippen LogP contribution in [0.5, 0.6) is 0 Å². The average molecular weight is 486 g/mol. The zero-order valence-electron chi connectivity index (χ0n) is 21.2. The van der Waals surface area contributed by atoms with Crippen LogP contribution in [0.25, 0.3) is 10.4 Å². The van der Waals surface area contributed by atoms with Gasteiger partial charge in [0.25, 0.3) is 0 Å². The van der Waals surface area contributed by atoms with Crippen LogP contribution in [0.2, 0.25) is 0 Å². The van der Waals surface area contributed by atoms with E-state index in [1.807, 2.05) is 7.05 Å². The number of fused-ring (bicyclic) bond motifs is 1. The minimum absolute atomic E-state index is 0.101. The van der Waals surface area contributed by atoms with Gasteiger partial charge in [-0.15, -0.1) is 11.3 Å². The number of benzene rings is 1. The molecule has 1 aromatic carbocycles. The Balaban J connectivity index is 0.000000294. The molecule has 1 unspecified atom stereocenters. The summed E-state index contributed by atoms with van der Waals surface area (Å²) < 4.78 is 5.38. The smallest absolute Gasteiger partial charge is 0.231 e. The second-order valence-electron chi connectivity index (χ2n) is 8.31. The van der Waals surface area contributed by atoms with Gasteiger partial charge in [-0.05, 0) is 61.4 Å². The molecule has 0 spiro atoms. The molecule has 186 valence electrons. The Morgan fingerprint density at radius 2 is 2.03 bits per heavy atom. The highest BCUT2D eigenvalue weighted by Gasteiger charge is 2.24. The van der Waals surface area contributed by atoms with Crippen molar-refractivity contribution in [2.45, 2.75) is 59.8 Å². The van der Waals surface area contributed by atoms with Gasteiger partial charge in [-0.2, -0.15) is 5.26 Å². The lowest BCUT2D eigenvalue weighted by Crippen LogP contribution is -2.20. The molecule has 1 aliphatic rings. The zero-order valence-corrected chi connectivity index (χ0v) is 22.0. The predicted molar refractivity (Wildman–Crippen MR) is 141 cm³/mol. The van der Waals surface area contributed by atoms with E-state index in [1.165, 1.54) is 34.6 Å². The SMILES string of the molecule is CCCOCCCC(C)CC.Cc1ccc(-c2ccc3c(c2)N(C)C(=O)C3)s1.N#CCNC=O. The van der Waals surface area contributed by atoms with Crippen molar-refractivity contribution in [1.82, 2.24) is 5.32 Å². The van der Waals surface area contributed by atoms with Crippen LogP contribution in [0.1, 0.15) is 56.9 Å². The van der Waals surface area contributed by atoms with E-state index in [2.05, 4.69) is 63.3 Å². The van der Waals surface area contributed by atoms with Crippen molar-refractivity contribution >= 4 is 29.3 Å². The molecule has 3 rings (SSSR count). The summed E-state index contributed by atoms with van der Waals surface area (Å²) in [5.74, 6) is 1.06. The molecule has 1 aromatic heterocycles. The maximum absolute atomic E-state index is 11.6. The molecule has 1 N–H and O–H groups in total. The molecule has 0 bridgehead atoms. The Bertz CT molecular complexity index is 920. The summed E-state index contributed by atoms with van der Waals surface area (Å²) in [5.41, 5.74) is 3.39. The lowest BCUT2D eigenvalue weighted by Gasteiger charge is -2.10. The summed E-state index contributed by atoms with van der Waals surface area (Å²) in [4.78, 5) is 25.2. The van der Waals surface area contributed by atoms with Gasteiger partial charge in [-0.25, -0.2) is 0 Å². The van der Waals surface area contributed by atoms with Crippen molar-refractivity contribution in [2.24, 2.45) is 5.92 Å². The van der Waals surface area contributed by atoms with Gasteiger partial charge in [-0.3, -0.25) is 9.59 Å². The maximum Gasteiger partial charge on any atom is 0.231 e. The Hall–Kier alpha value is -2.69. The van der Waals surface area contributed by atoms with Gasteiger partial charge in [0.1, 0.15) is 6.54 Å². The molecule has 0 radical (unpaired) electrons. The fourth-order valence-electron chi connectivity index (χ4n) is 3.26. The quantitative estimate of drug-likeness (QED) is 0.264. The lowest BCUT2D eigenvalue weighted by molar-refractivity contribution is -0.117. The topological polar surface area (TPSA) is 82.4 Å². The van der Waals surface area contributed by atoms with Gasteiger partial charge in [0.05, 0.1) is 12.5 Å². The molecule has 2 aromatic rings. The largest absolute Gasteiger partial charge is 0.381 e. The number of ether oxygens (including phenoxy) is 1. The number of likely N-dealkylation sites (N-methyl/N-ethyl adjacent to an activating group) is 1. The zero-order chi connectivity index (χ0) is 25.3. The molecule has 1 atom stereocenters. The molecular weight excluding hydrogens is 446 g/mol. The first kappa shape index (κ1) is 29.3. The number of nitrogens with zero attached hydrogens (tertiary/aromatic N) is 2. The van der Waals surface area contributed by atoms with Crippen LogP contribution in [-0.4, -0.2) is 39.1 Å². The van der Waals surface area contributed by atoms with Crippen molar-refractivity contribution in [2.75, 3.05) is 31.7 Å². The minimum Gasteiger partial charge on any atom is -0.381 e. The molecular formula is C27H39N3O3S. The van der Waals surface area contributed by atoms with Crippen LogP contribution < -0.4 is 10.2 Å². The highest BCUT2D eigenvalue weighted by atomic mass is 32.1. The Kier molecular flexibility index (Phi) is 14.5. The first-order valence-electron chi connectivity index (χ1n) is 12.0. The van der Waals surface area contributed by atoms with Crippen molar-refractivity contribution in [1.29, 1.82) is 5.26 Å². The third-order valence-electron chi connectivity index (χ3n) is 5.48. The van der Waals surface area contributed by atoms with Gasteiger partial charge in [0.2, 0.25) is 12.3 Å². The highest BCUT2D eigenvalue weighted by molar-refractivity contribution is 7.15. The van der Waals surface area contributed by atoms with Crippen LogP contribution in [-0.2, 0) is 20.7 Å². The van der Waals surface area contributed by atoms with Crippen LogP contribution in [0.3, 0.4) is 0 Å². The van der Waals surface area contributed by atoms with Crippen LogP contribution in [0.15, 0.2) is 30.3 Å². The third-order valence-corrected chi connectivity index (χ3v) is 6.53. The first-order valence-corrected chi connectivity index (χ1v) is 12.8. The second kappa shape index (κ2) is 16.9. The molecule has 2 heterocycles. The summed E-state index contributed by atoms with van der Waals surface area (Å²) >= 11 is 1.78. The maximum atomic E-state index is 11.6. The number of anilines is 1. The Labute approximate surface area is 208 Å². The molecule has 7 heteroatoms. The fourth-order valence-corrected chi connectivity index (χ4v) is 4.12. The van der Waals surface area contributed by atoms with Crippen molar-refractivity contribution < 1.29 is 14.3 Å².